The van der Waals surface area contributed by atoms with Gasteiger partial charge in [0.2, 0.25) is 5.91 Å². The Bertz CT molecular complexity index is 1650. The molecule has 9 nitrogen and oxygen atoms in total. The Hall–Kier alpha value is -4.74. The first-order valence-corrected chi connectivity index (χ1v) is 14.4. The van der Waals surface area contributed by atoms with Gasteiger partial charge in [0.1, 0.15) is 12.2 Å². The zero-order chi connectivity index (χ0) is 31.6. The van der Waals surface area contributed by atoms with Gasteiger partial charge in [-0.3, -0.25) is 14.3 Å². The number of nitrogens with zero attached hydrogens (tertiary/aromatic N) is 7. The van der Waals surface area contributed by atoms with Crippen LogP contribution in [0.1, 0.15) is 71.8 Å². The monoisotopic (exact) mass is 621 g/mol. The number of carbonyl (C=O) groups excluding carboxylic acids is 2. The molecule has 6 rings (SSSR count). The Morgan fingerprint density at radius 1 is 1.13 bits per heavy atom. The zero-order valence-corrected chi connectivity index (χ0v) is 24.9. The van der Waals surface area contributed by atoms with Crippen LogP contribution in [0.5, 0.6) is 0 Å². The summed E-state index contributed by atoms with van der Waals surface area (Å²) in [6, 6.07) is 11.3. The van der Waals surface area contributed by atoms with Crippen LogP contribution in [0.25, 0.3) is 0 Å². The number of fused-ring (bicyclic) bond motifs is 2. The molecule has 2 aromatic heterocycles. The second kappa shape index (κ2) is 13.5. The van der Waals surface area contributed by atoms with Crippen LogP contribution in [0.2, 0.25) is 0 Å². The highest BCUT2D eigenvalue weighted by atomic mass is 19.4. The van der Waals surface area contributed by atoms with Gasteiger partial charge in [-0.1, -0.05) is 52.5 Å². The third kappa shape index (κ3) is 7.16. The van der Waals surface area contributed by atoms with Crippen LogP contribution < -0.4 is 4.90 Å². The largest absolute Gasteiger partial charge is 0.416 e. The number of hydrogen-bond acceptors (Lipinski definition) is 5. The molecule has 2 aliphatic heterocycles. The van der Waals surface area contributed by atoms with Gasteiger partial charge in [0.05, 0.1) is 30.9 Å². The lowest BCUT2D eigenvalue weighted by Crippen LogP contribution is -2.23. The number of aryl methyl sites for hydroxylation is 1. The summed E-state index contributed by atoms with van der Waals surface area (Å²) in [5.74, 6) is 1.14. The Morgan fingerprint density at radius 3 is 2.47 bits per heavy atom. The molecular weight excluding hydrogens is 583 g/mol. The summed E-state index contributed by atoms with van der Waals surface area (Å²) in [5.41, 5.74) is 1.68. The van der Waals surface area contributed by atoms with Crippen LogP contribution in [0.3, 0.4) is 0 Å². The van der Waals surface area contributed by atoms with Crippen LogP contribution in [0.4, 0.5) is 18.9 Å². The fraction of sp³-hybridized carbons (Fsp3) is 0.364. The maximum absolute atomic E-state index is 13.9. The van der Waals surface area contributed by atoms with Crippen LogP contribution in [-0.2, 0) is 50.6 Å². The fourth-order valence-corrected chi connectivity index (χ4v) is 5.34. The number of aromatic nitrogens is 5. The molecule has 0 aliphatic carbocycles. The lowest BCUT2D eigenvalue weighted by atomic mass is 9.99. The SMILES string of the molecule is C.C=CC(=O)N1Cc2cn(Cc3cc4c(c(C(F)(F)F)c3)CN(c3ccccc3)C4=O)nc2C1.CC[C@@H](C)Cc1nncn1C. The van der Waals surface area contributed by atoms with E-state index in [9.17, 15) is 22.8 Å². The second-order valence-electron chi connectivity index (χ2n) is 11.2. The molecule has 4 heterocycles. The summed E-state index contributed by atoms with van der Waals surface area (Å²) in [4.78, 5) is 27.7. The Morgan fingerprint density at radius 2 is 1.87 bits per heavy atom. The molecule has 238 valence electrons. The minimum absolute atomic E-state index is 0. The van der Waals surface area contributed by atoms with Crippen molar-refractivity contribution in [1.29, 1.82) is 0 Å². The molecule has 2 amide bonds. The highest BCUT2D eigenvalue weighted by Gasteiger charge is 2.40. The van der Waals surface area contributed by atoms with Gasteiger partial charge in [0.25, 0.3) is 5.91 Å². The van der Waals surface area contributed by atoms with Gasteiger partial charge in [0.15, 0.2) is 0 Å². The summed E-state index contributed by atoms with van der Waals surface area (Å²) in [5, 5.41) is 12.3. The van der Waals surface area contributed by atoms with Crippen LogP contribution in [0, 0.1) is 5.92 Å². The molecule has 0 fully saturated rings. The molecule has 2 aromatic carbocycles. The van der Waals surface area contributed by atoms with Gasteiger partial charge in [-0.05, 0) is 47.4 Å². The predicted octanol–water partition coefficient (Wildman–Crippen LogP) is 6.18. The first kappa shape index (κ1) is 33.2. The van der Waals surface area contributed by atoms with Crippen LogP contribution >= 0.6 is 0 Å². The van der Waals surface area contributed by atoms with Crippen LogP contribution in [0.15, 0.2) is 67.6 Å². The molecule has 0 N–H and O–H groups in total. The van der Waals surface area contributed by atoms with E-state index < -0.39 is 17.6 Å². The number of halogens is 3. The maximum Gasteiger partial charge on any atom is 0.416 e. The van der Waals surface area contributed by atoms with Gasteiger partial charge < -0.3 is 14.4 Å². The van der Waals surface area contributed by atoms with Crippen molar-refractivity contribution in [2.75, 3.05) is 4.90 Å². The van der Waals surface area contributed by atoms with E-state index in [1.807, 2.05) is 11.6 Å². The van der Waals surface area contributed by atoms with E-state index in [1.165, 1.54) is 23.5 Å². The Balaban J connectivity index is 0.000000327. The average Bonchev–Trinajstić information content (AvgIpc) is 3.76. The number of carbonyl (C=O) groups is 2. The Kier molecular flexibility index (Phi) is 9.94. The van der Waals surface area contributed by atoms with E-state index in [-0.39, 0.29) is 37.6 Å². The number of amides is 2. The van der Waals surface area contributed by atoms with Gasteiger partial charge in [-0.2, -0.15) is 18.3 Å². The molecule has 0 saturated heterocycles. The molecular formula is C33H38F3N7O2. The standard InChI is InChI=1S/C24H19F3N4O2.C8H15N3.CH4/c1-2-22(32)29-11-16-12-30(28-21(16)14-29)10-15-8-18-19(20(9-15)24(25,26)27)13-31(23(18)33)17-6-4-3-5-7-17;1-4-7(2)5-8-10-9-6-11(8)3;/h2-9,12H,1,10-11,13-14H2;6-7H,4-5H2,1-3H3;1H4/t;7-;/m.1./s1. The van der Waals surface area contributed by atoms with Gasteiger partial charge >= 0.3 is 6.18 Å². The molecule has 0 unspecified atom stereocenters. The smallest absolute Gasteiger partial charge is 0.329 e. The number of para-hydroxylation sites is 1. The highest BCUT2D eigenvalue weighted by molar-refractivity contribution is 6.10. The molecule has 2 aliphatic rings. The zero-order valence-electron chi connectivity index (χ0n) is 24.9. The first-order valence-electron chi connectivity index (χ1n) is 14.4. The summed E-state index contributed by atoms with van der Waals surface area (Å²) in [6.45, 7) is 8.56. The van der Waals surface area contributed by atoms with Crippen molar-refractivity contribution in [2.24, 2.45) is 13.0 Å². The molecule has 12 heteroatoms. The lowest BCUT2D eigenvalue weighted by Gasteiger charge is -2.16. The topological polar surface area (TPSA) is 89.2 Å². The van der Waals surface area contributed by atoms with E-state index in [2.05, 4.69) is 35.7 Å². The summed E-state index contributed by atoms with van der Waals surface area (Å²) >= 11 is 0. The first-order chi connectivity index (χ1) is 21.0. The van der Waals surface area contributed by atoms with Crippen LogP contribution in [-0.4, -0.2) is 41.3 Å². The predicted molar refractivity (Wildman–Crippen MR) is 165 cm³/mol. The summed E-state index contributed by atoms with van der Waals surface area (Å²) in [6.07, 6.45) is 2.35. The van der Waals surface area contributed by atoms with E-state index in [0.717, 1.165) is 23.9 Å². The van der Waals surface area contributed by atoms with Gasteiger partial charge in [0, 0.05) is 43.0 Å². The fourth-order valence-electron chi connectivity index (χ4n) is 5.34. The highest BCUT2D eigenvalue weighted by Crippen LogP contribution is 2.39. The molecule has 45 heavy (non-hydrogen) atoms. The number of benzene rings is 2. The van der Waals surface area contributed by atoms with Gasteiger partial charge in [-0.25, -0.2) is 0 Å². The average molecular weight is 622 g/mol. The number of anilines is 1. The third-order valence-electron chi connectivity index (χ3n) is 7.97. The maximum atomic E-state index is 13.9. The number of rotatable bonds is 7. The van der Waals surface area contributed by atoms with Gasteiger partial charge in [-0.15, -0.1) is 10.2 Å². The van der Waals surface area contributed by atoms with E-state index in [4.69, 9.17) is 0 Å². The lowest BCUT2D eigenvalue weighted by molar-refractivity contribution is -0.138. The normalized spacial score (nSPS) is 14.3. The van der Waals surface area contributed by atoms with Crippen molar-refractivity contribution < 1.29 is 22.8 Å². The van der Waals surface area contributed by atoms with Crippen molar-refractivity contribution in [3.8, 4) is 0 Å². The van der Waals surface area contributed by atoms with Crippen molar-refractivity contribution in [3.63, 3.8) is 0 Å². The molecule has 4 aromatic rings. The third-order valence-corrected chi connectivity index (χ3v) is 7.97. The number of alkyl halides is 3. The van der Waals surface area contributed by atoms with E-state index in [0.29, 0.717) is 36.0 Å². The van der Waals surface area contributed by atoms with Crippen molar-refractivity contribution in [1.82, 2.24) is 29.4 Å². The molecule has 0 saturated carbocycles. The van der Waals surface area contributed by atoms with Crippen molar-refractivity contribution in [3.05, 3.63) is 107 Å². The Labute approximate surface area is 261 Å². The van der Waals surface area contributed by atoms with Crippen molar-refractivity contribution in [2.45, 2.75) is 66.5 Å². The number of hydrogen-bond donors (Lipinski definition) is 0. The second-order valence-corrected chi connectivity index (χ2v) is 11.2. The van der Waals surface area contributed by atoms with E-state index >= 15 is 0 Å². The molecule has 0 bridgehead atoms. The molecule has 1 atom stereocenters. The minimum atomic E-state index is -4.59. The quantitative estimate of drug-likeness (QED) is 0.230. The minimum Gasteiger partial charge on any atom is -0.329 e. The summed E-state index contributed by atoms with van der Waals surface area (Å²) < 4.78 is 45.2. The molecule has 0 radical (unpaired) electrons. The van der Waals surface area contributed by atoms with Crippen molar-refractivity contribution >= 4 is 17.5 Å². The van der Waals surface area contributed by atoms with E-state index in [1.54, 1.807) is 52.4 Å². The summed E-state index contributed by atoms with van der Waals surface area (Å²) in [7, 11) is 1.98. The molecule has 0 spiro atoms.